The number of fused-ring (bicyclic) bond motifs is 1. The Hall–Kier alpha value is -7.72. The van der Waals surface area contributed by atoms with E-state index in [0.29, 0.717) is 36.4 Å². The van der Waals surface area contributed by atoms with Crippen molar-refractivity contribution in [3.63, 3.8) is 0 Å². The average molecular weight is 1150 g/mol. The number of nitrogens with one attached hydrogen (secondary N) is 5. The topological polar surface area (TPSA) is 275 Å². The second-order valence-corrected chi connectivity index (χ2v) is 23.7. The van der Waals surface area contributed by atoms with Crippen molar-refractivity contribution in [3.8, 4) is 33.3 Å². The number of nitrogens with zero attached hydrogens (tertiary/aromatic N) is 4. The number of likely N-dealkylation sites (tertiary alicyclic amines) is 1. The lowest BCUT2D eigenvalue weighted by Crippen LogP contribution is -2.59. The number of halogens is 1. The highest BCUT2D eigenvalue weighted by Gasteiger charge is 2.53. The van der Waals surface area contributed by atoms with Crippen LogP contribution in [-0.2, 0) is 30.4 Å². The number of ether oxygens (including phenoxy) is 1. The van der Waals surface area contributed by atoms with E-state index in [2.05, 4.69) is 36.7 Å². The summed E-state index contributed by atoms with van der Waals surface area (Å²) in [5.41, 5.74) is 3.95. The van der Waals surface area contributed by atoms with Crippen molar-refractivity contribution in [2.75, 3.05) is 40.3 Å². The third kappa shape index (κ3) is 15.2. The first-order valence-corrected chi connectivity index (χ1v) is 28.9. The molecular formula is C60H74FN9O11S. The van der Waals surface area contributed by atoms with Crippen LogP contribution in [0.3, 0.4) is 0 Å². The molecule has 3 aliphatic rings. The Morgan fingerprint density at radius 3 is 2.22 bits per heavy atom. The monoisotopic (exact) mass is 1150 g/mol. The van der Waals surface area contributed by atoms with Gasteiger partial charge in [0.2, 0.25) is 17.7 Å². The number of aromatic hydroxyl groups is 1. The molecule has 7 N–H and O–H groups in total. The normalized spacial score (nSPS) is 17.7. The lowest BCUT2D eigenvalue weighted by atomic mass is 9.85. The number of rotatable bonds is 25. The predicted octanol–water partition coefficient (Wildman–Crippen LogP) is 6.79. The molecule has 82 heavy (non-hydrogen) atoms. The highest BCUT2D eigenvalue weighted by Crippen LogP contribution is 2.41. The number of alkyl halides is 1. The molecule has 0 bridgehead atoms. The zero-order chi connectivity index (χ0) is 58.9. The molecule has 3 heterocycles. The maximum absolute atomic E-state index is 14.8. The van der Waals surface area contributed by atoms with Crippen molar-refractivity contribution in [1.29, 1.82) is 0 Å². The Bertz CT molecular complexity index is 3130. The fourth-order valence-corrected chi connectivity index (χ4v) is 11.0. The first-order chi connectivity index (χ1) is 39.1. The molecule has 5 aromatic rings. The van der Waals surface area contributed by atoms with Crippen LogP contribution in [0, 0.1) is 12.3 Å². The molecule has 7 amide bonds. The molecular weight excluding hydrogens is 1070 g/mol. The standard InChI is InChI=1S/C60H74FN9O11S/c1-35-52(82-34-64-35)38-15-13-37(14-16-38)45(66-55(76)47-28-40(71)32-70(47)57(78)53(59(2,3)4)67-58(79)60(61)23-24-60)31-50(73)62-25-11-9-7-8-10-12-26-63-51(74)33-80-41-20-17-36-19-22-44(43(36)29-41)65-54(75)46-30-49(81-68-46)39-18-21-42(48(72)27-39)56(77)69(5)6/h13-18,20-21,27,29-30,34,40,44-45,47,53,71-72H,7-12,19,22-26,28,31-33H2,1-6H3,(H,62,73)(H,63,74)(H,65,75)(H,66,76)(H,67,79)/t40-,44-,45+,47+,53-/m1/s1. The number of β-amino-alcohol motifs (C(OH)–C–C–N with tert-alkyl or cyclic N) is 1. The molecule has 2 fully saturated rings. The Kier molecular flexibility index (Phi) is 19.5. The molecule has 3 aromatic carbocycles. The fourth-order valence-electron chi connectivity index (χ4n) is 10.2. The maximum Gasteiger partial charge on any atom is 0.273 e. The quantitative estimate of drug-likeness (QED) is 0.0297. The molecule has 5 atom stereocenters. The van der Waals surface area contributed by atoms with E-state index in [1.807, 2.05) is 43.3 Å². The third-order valence-electron chi connectivity index (χ3n) is 15.2. The molecule has 0 radical (unpaired) electrons. The molecule has 1 saturated heterocycles. The van der Waals surface area contributed by atoms with E-state index in [1.165, 1.54) is 39.3 Å². The highest BCUT2D eigenvalue weighted by atomic mass is 32.1. The van der Waals surface area contributed by atoms with Gasteiger partial charge in [0, 0.05) is 51.8 Å². The number of thiazole rings is 1. The number of hydrogen-bond donors (Lipinski definition) is 7. The number of phenols is 1. The van der Waals surface area contributed by atoms with Gasteiger partial charge in [-0.15, -0.1) is 11.3 Å². The Morgan fingerprint density at radius 2 is 1.57 bits per heavy atom. The first-order valence-electron chi connectivity index (χ1n) is 28.0. The number of carbonyl (C=O) groups is 7. The molecule has 2 aromatic heterocycles. The van der Waals surface area contributed by atoms with Gasteiger partial charge in [-0.25, -0.2) is 9.37 Å². The fraction of sp³-hybridized carbons (Fsp3) is 0.483. The summed E-state index contributed by atoms with van der Waals surface area (Å²) in [6, 6.07) is 15.6. The van der Waals surface area contributed by atoms with Gasteiger partial charge in [0.15, 0.2) is 23.7 Å². The first kappa shape index (κ1) is 60.4. The largest absolute Gasteiger partial charge is 0.507 e. The second kappa shape index (κ2) is 26.5. The van der Waals surface area contributed by atoms with Gasteiger partial charge in [-0.3, -0.25) is 33.6 Å². The van der Waals surface area contributed by atoms with Crippen LogP contribution in [0.25, 0.3) is 21.8 Å². The molecule has 0 unspecified atom stereocenters. The number of aryl methyl sites for hydroxylation is 2. The predicted molar refractivity (Wildman–Crippen MR) is 304 cm³/mol. The van der Waals surface area contributed by atoms with Gasteiger partial charge >= 0.3 is 0 Å². The number of hydrogen-bond acceptors (Lipinski definition) is 14. The Labute approximate surface area is 480 Å². The van der Waals surface area contributed by atoms with Crippen molar-refractivity contribution >= 4 is 52.7 Å². The van der Waals surface area contributed by atoms with Crippen molar-refractivity contribution in [2.24, 2.45) is 5.41 Å². The number of benzene rings is 3. The highest BCUT2D eigenvalue weighted by molar-refractivity contribution is 7.13. The third-order valence-corrected chi connectivity index (χ3v) is 16.1. The van der Waals surface area contributed by atoms with Crippen molar-refractivity contribution in [3.05, 3.63) is 106 Å². The minimum atomic E-state index is -2.02. The summed E-state index contributed by atoms with van der Waals surface area (Å²) in [6.45, 7) is 7.71. The summed E-state index contributed by atoms with van der Waals surface area (Å²) in [5, 5.41) is 39.6. The Balaban J connectivity index is 0.740. The van der Waals surface area contributed by atoms with Crippen molar-refractivity contribution in [1.82, 2.24) is 46.5 Å². The van der Waals surface area contributed by atoms with Gasteiger partial charge in [-0.2, -0.15) is 0 Å². The molecule has 22 heteroatoms. The Morgan fingerprint density at radius 1 is 0.890 bits per heavy atom. The van der Waals surface area contributed by atoms with Crippen LogP contribution in [0.15, 0.2) is 76.8 Å². The molecule has 2 aliphatic carbocycles. The van der Waals surface area contributed by atoms with Gasteiger partial charge in [0.25, 0.3) is 23.6 Å². The van der Waals surface area contributed by atoms with Crippen LogP contribution >= 0.6 is 11.3 Å². The number of aliphatic hydroxyl groups is 1. The molecule has 438 valence electrons. The van der Waals surface area contributed by atoms with Gasteiger partial charge in [0.1, 0.15) is 23.6 Å². The molecule has 1 saturated carbocycles. The molecule has 8 rings (SSSR count). The van der Waals surface area contributed by atoms with Crippen LogP contribution in [0.1, 0.15) is 147 Å². The van der Waals surface area contributed by atoms with Crippen LogP contribution in [0.5, 0.6) is 11.5 Å². The van der Waals surface area contributed by atoms with E-state index in [-0.39, 0.29) is 85.4 Å². The minimum absolute atomic E-state index is 0.0514. The lowest BCUT2D eigenvalue weighted by Gasteiger charge is -2.36. The summed E-state index contributed by atoms with van der Waals surface area (Å²) in [7, 11) is 3.17. The summed E-state index contributed by atoms with van der Waals surface area (Å²) in [5.74, 6) is -2.85. The number of amides is 7. The minimum Gasteiger partial charge on any atom is -0.507 e. The van der Waals surface area contributed by atoms with E-state index >= 15 is 0 Å². The number of phenolic OH excluding ortho intramolecular Hbond substituents is 1. The number of aromatic nitrogens is 2. The van der Waals surface area contributed by atoms with E-state index in [1.54, 1.807) is 52.5 Å². The van der Waals surface area contributed by atoms with Crippen LogP contribution < -0.4 is 31.3 Å². The summed E-state index contributed by atoms with van der Waals surface area (Å²) < 4.78 is 26.0. The summed E-state index contributed by atoms with van der Waals surface area (Å²) in [4.78, 5) is 101. The number of aliphatic hydroxyl groups excluding tert-OH is 1. The zero-order valence-corrected chi connectivity index (χ0v) is 48.1. The second-order valence-electron chi connectivity index (χ2n) is 22.8. The van der Waals surface area contributed by atoms with E-state index in [0.717, 1.165) is 72.2 Å². The zero-order valence-electron chi connectivity index (χ0n) is 47.3. The number of unbranched alkanes of at least 4 members (excludes halogenated alkanes) is 5. The van der Waals surface area contributed by atoms with E-state index in [9.17, 15) is 48.2 Å². The van der Waals surface area contributed by atoms with Crippen molar-refractivity contribution < 1.29 is 57.4 Å². The molecule has 0 spiro atoms. The van der Waals surface area contributed by atoms with Crippen LogP contribution in [0.4, 0.5) is 4.39 Å². The van der Waals surface area contributed by atoms with E-state index in [4.69, 9.17) is 9.26 Å². The lowest BCUT2D eigenvalue weighted by molar-refractivity contribution is -0.145. The summed E-state index contributed by atoms with van der Waals surface area (Å²) >= 11 is 1.50. The van der Waals surface area contributed by atoms with E-state index < -0.39 is 58.9 Å². The van der Waals surface area contributed by atoms with Crippen LogP contribution in [-0.4, -0.2) is 136 Å². The molecule has 20 nitrogen and oxygen atoms in total. The number of carbonyl (C=O) groups excluding carboxylic acids is 7. The van der Waals surface area contributed by atoms with Gasteiger partial charge in [-0.05, 0) is 97.4 Å². The van der Waals surface area contributed by atoms with Gasteiger partial charge < -0.3 is 55.9 Å². The van der Waals surface area contributed by atoms with Gasteiger partial charge in [0.05, 0.1) is 46.3 Å². The summed E-state index contributed by atoms with van der Waals surface area (Å²) in [6.07, 6.45) is 5.51. The van der Waals surface area contributed by atoms with Crippen LogP contribution in [0.2, 0.25) is 0 Å². The molecule has 1 aliphatic heterocycles. The SMILES string of the molecule is Cc1ncsc1-c1ccc([C@H](CC(=O)NCCCCCCCCNC(=O)COc2ccc3c(c2)[C@H](NC(=O)c2cc(-c4ccc(C(=O)N(C)C)c(O)c4)on2)CC3)NC(=O)[C@@H]2C[C@@H](O)CN2C(=O)[C@@H](NC(=O)C2(F)CC2)C(C)(C)C)cc1. The smallest absolute Gasteiger partial charge is 0.273 e. The van der Waals surface area contributed by atoms with Gasteiger partial charge in [-0.1, -0.05) is 88.0 Å². The maximum atomic E-state index is 14.8. The van der Waals surface area contributed by atoms with Crippen molar-refractivity contribution in [2.45, 2.75) is 141 Å². The average Bonchev–Trinajstić information content (AvgIpc) is 3.89.